The molecule has 2 nitrogen and oxygen atoms in total. The number of hydrogen-bond acceptors (Lipinski definition) is 3. The monoisotopic (exact) mass is 250 g/mol. The van der Waals surface area contributed by atoms with E-state index in [2.05, 4.69) is 42.5 Å². The van der Waals surface area contributed by atoms with Gasteiger partial charge in [0.05, 0.1) is 0 Å². The fourth-order valence-electron chi connectivity index (χ4n) is 2.71. The van der Waals surface area contributed by atoms with Crippen LogP contribution < -0.4 is 5.32 Å². The van der Waals surface area contributed by atoms with Crippen molar-refractivity contribution in [2.45, 2.75) is 40.2 Å². The van der Waals surface area contributed by atoms with Crippen molar-refractivity contribution in [2.75, 3.05) is 6.54 Å². The highest BCUT2D eigenvalue weighted by Crippen LogP contribution is 2.27. The summed E-state index contributed by atoms with van der Waals surface area (Å²) in [7, 11) is 0. The summed E-state index contributed by atoms with van der Waals surface area (Å²) in [6, 6.07) is 0. The van der Waals surface area contributed by atoms with Crippen LogP contribution >= 0.6 is 11.3 Å². The van der Waals surface area contributed by atoms with Crippen LogP contribution in [0.3, 0.4) is 0 Å². The van der Waals surface area contributed by atoms with E-state index in [-0.39, 0.29) is 0 Å². The van der Waals surface area contributed by atoms with Gasteiger partial charge in [0, 0.05) is 17.6 Å². The maximum atomic E-state index is 4.47. The Morgan fingerprint density at radius 3 is 2.94 bits per heavy atom. The van der Waals surface area contributed by atoms with Crippen molar-refractivity contribution in [1.82, 2.24) is 10.3 Å². The second kappa shape index (κ2) is 5.78. The number of nitrogens with zero attached hydrogens (tertiary/aromatic N) is 1. The average Bonchev–Trinajstić information content (AvgIpc) is 2.63. The molecule has 0 amide bonds. The molecule has 2 unspecified atom stereocenters. The van der Waals surface area contributed by atoms with Gasteiger partial charge in [0.2, 0.25) is 0 Å². The first-order valence-corrected chi connectivity index (χ1v) is 7.30. The number of aromatic nitrogens is 1. The van der Waals surface area contributed by atoms with E-state index in [1.807, 2.05) is 0 Å². The minimum absolute atomic E-state index is 0.748. The van der Waals surface area contributed by atoms with Crippen molar-refractivity contribution >= 4 is 11.3 Å². The van der Waals surface area contributed by atoms with E-state index in [4.69, 9.17) is 0 Å². The fourth-order valence-corrected chi connectivity index (χ4v) is 3.45. The van der Waals surface area contributed by atoms with E-state index in [9.17, 15) is 0 Å². The van der Waals surface area contributed by atoms with E-state index in [0.29, 0.717) is 0 Å². The molecule has 3 heteroatoms. The van der Waals surface area contributed by atoms with Crippen molar-refractivity contribution < 1.29 is 0 Å². The highest BCUT2D eigenvalue weighted by molar-refractivity contribution is 7.09. The van der Waals surface area contributed by atoms with Gasteiger partial charge in [-0.05, 0) is 45.1 Å². The molecule has 0 saturated heterocycles. The molecule has 1 aliphatic rings. The van der Waals surface area contributed by atoms with Gasteiger partial charge in [-0.1, -0.05) is 18.6 Å². The number of nitrogens with one attached hydrogen (secondary N) is 1. The number of aryl methyl sites for hydroxylation is 1. The van der Waals surface area contributed by atoms with Crippen LogP contribution in [0.1, 0.15) is 37.4 Å². The fraction of sp³-hybridized carbons (Fsp3) is 0.643. The molecule has 0 radical (unpaired) electrons. The van der Waals surface area contributed by atoms with Crippen molar-refractivity contribution in [3.05, 3.63) is 27.7 Å². The second-order valence-electron chi connectivity index (χ2n) is 5.31. The van der Waals surface area contributed by atoms with Crippen LogP contribution in [-0.4, -0.2) is 11.5 Å². The lowest BCUT2D eigenvalue weighted by atomic mass is 9.84. The van der Waals surface area contributed by atoms with Gasteiger partial charge in [-0.2, -0.15) is 0 Å². The molecule has 1 heterocycles. The minimum Gasteiger partial charge on any atom is -0.310 e. The summed E-state index contributed by atoms with van der Waals surface area (Å²) in [5, 5.41) is 6.87. The average molecular weight is 250 g/mol. The van der Waals surface area contributed by atoms with Gasteiger partial charge >= 0.3 is 0 Å². The van der Waals surface area contributed by atoms with Crippen LogP contribution in [0.5, 0.6) is 0 Å². The van der Waals surface area contributed by atoms with Crippen LogP contribution in [0.4, 0.5) is 0 Å². The number of thiazole rings is 1. The highest BCUT2D eigenvalue weighted by Gasteiger charge is 2.17. The Kier molecular flexibility index (Phi) is 4.35. The summed E-state index contributed by atoms with van der Waals surface area (Å²) in [5.74, 6) is 1.55. The molecule has 1 aromatic heterocycles. The third-order valence-electron chi connectivity index (χ3n) is 3.26. The Labute approximate surface area is 108 Å². The molecule has 2 rings (SSSR count). The predicted molar refractivity (Wildman–Crippen MR) is 74.2 cm³/mol. The van der Waals surface area contributed by atoms with E-state index in [1.54, 1.807) is 16.9 Å². The molecule has 1 aliphatic carbocycles. The zero-order valence-electron chi connectivity index (χ0n) is 11.0. The summed E-state index contributed by atoms with van der Waals surface area (Å²) >= 11 is 1.75. The van der Waals surface area contributed by atoms with Gasteiger partial charge in [-0.15, -0.1) is 11.3 Å². The van der Waals surface area contributed by atoms with Crippen LogP contribution in [0, 0.1) is 18.8 Å². The van der Waals surface area contributed by atoms with E-state index in [1.165, 1.54) is 17.8 Å². The molecule has 0 bridgehead atoms. The molecule has 1 N–H and O–H groups in total. The first-order chi connectivity index (χ1) is 8.13. The molecule has 94 valence electrons. The Morgan fingerprint density at radius 1 is 1.47 bits per heavy atom. The lowest BCUT2D eigenvalue weighted by molar-refractivity contribution is 0.381. The largest absolute Gasteiger partial charge is 0.310 e. The Morgan fingerprint density at radius 2 is 2.29 bits per heavy atom. The maximum absolute atomic E-state index is 4.47. The Bertz CT molecular complexity index is 395. The minimum atomic E-state index is 0.748. The summed E-state index contributed by atoms with van der Waals surface area (Å²) in [6.45, 7) is 8.67. The van der Waals surface area contributed by atoms with Crippen LogP contribution in [0.15, 0.2) is 17.0 Å². The summed E-state index contributed by atoms with van der Waals surface area (Å²) in [5.41, 5.74) is 2.69. The summed E-state index contributed by atoms with van der Waals surface area (Å²) < 4.78 is 0. The van der Waals surface area contributed by atoms with Crippen molar-refractivity contribution in [2.24, 2.45) is 11.8 Å². The van der Waals surface area contributed by atoms with Crippen molar-refractivity contribution in [3.63, 3.8) is 0 Å². The third-order valence-corrected chi connectivity index (χ3v) is 4.23. The van der Waals surface area contributed by atoms with Crippen LogP contribution in [-0.2, 0) is 6.54 Å². The zero-order chi connectivity index (χ0) is 12.3. The molecule has 1 aromatic rings. The van der Waals surface area contributed by atoms with Gasteiger partial charge in [0.25, 0.3) is 0 Å². The van der Waals surface area contributed by atoms with Crippen LogP contribution in [0.25, 0.3) is 0 Å². The number of allylic oxidation sites excluding steroid dienone is 2. The first kappa shape index (κ1) is 12.8. The quantitative estimate of drug-likeness (QED) is 0.827. The molecule has 0 aromatic carbocycles. The SMILES string of the molecule is CC1=CC(C)CC(CNCc2nc(C)cs2)C1. The second-order valence-corrected chi connectivity index (χ2v) is 6.25. The molecule has 0 spiro atoms. The highest BCUT2D eigenvalue weighted by atomic mass is 32.1. The number of hydrogen-bond donors (Lipinski definition) is 1. The standard InChI is InChI=1S/C14H22N2S/c1-10-4-11(2)6-13(5-10)7-15-8-14-16-12(3)9-17-14/h4,9-10,13,15H,5-8H2,1-3H3. The molecular weight excluding hydrogens is 228 g/mol. The molecule has 0 aliphatic heterocycles. The van der Waals surface area contributed by atoms with Gasteiger partial charge < -0.3 is 5.32 Å². The van der Waals surface area contributed by atoms with Crippen molar-refractivity contribution in [3.8, 4) is 0 Å². The van der Waals surface area contributed by atoms with Gasteiger partial charge in [-0.3, -0.25) is 0 Å². The molecular formula is C14H22N2S. The molecule has 2 atom stereocenters. The Hall–Kier alpha value is -0.670. The summed E-state index contributed by atoms with van der Waals surface area (Å²) in [4.78, 5) is 4.47. The van der Waals surface area contributed by atoms with Crippen molar-refractivity contribution in [1.29, 1.82) is 0 Å². The maximum Gasteiger partial charge on any atom is 0.107 e. The Balaban J connectivity index is 1.74. The molecule has 17 heavy (non-hydrogen) atoms. The van der Waals surface area contributed by atoms with Crippen LogP contribution in [0.2, 0.25) is 0 Å². The van der Waals surface area contributed by atoms with E-state index < -0.39 is 0 Å². The predicted octanol–water partition coefficient (Wildman–Crippen LogP) is 3.53. The van der Waals surface area contributed by atoms with E-state index >= 15 is 0 Å². The lowest BCUT2D eigenvalue weighted by Gasteiger charge is -2.25. The van der Waals surface area contributed by atoms with Gasteiger partial charge in [-0.25, -0.2) is 4.98 Å². The third kappa shape index (κ3) is 3.93. The zero-order valence-corrected chi connectivity index (χ0v) is 11.8. The molecule has 0 fully saturated rings. The smallest absolute Gasteiger partial charge is 0.107 e. The first-order valence-electron chi connectivity index (χ1n) is 6.42. The van der Waals surface area contributed by atoms with Gasteiger partial charge in [0.15, 0.2) is 0 Å². The topological polar surface area (TPSA) is 24.9 Å². The molecule has 0 saturated carbocycles. The summed E-state index contributed by atoms with van der Waals surface area (Å²) in [6.07, 6.45) is 5.00. The lowest BCUT2D eigenvalue weighted by Crippen LogP contribution is -2.25. The normalized spacial score (nSPS) is 24.8. The van der Waals surface area contributed by atoms with E-state index in [0.717, 1.165) is 30.6 Å². The van der Waals surface area contributed by atoms with Gasteiger partial charge in [0.1, 0.15) is 5.01 Å². The number of rotatable bonds is 4.